The van der Waals surface area contributed by atoms with E-state index in [0.717, 1.165) is 16.1 Å². The second kappa shape index (κ2) is 5.54. The molecule has 3 rings (SSSR count). The molecule has 5 heteroatoms. The number of benzene rings is 1. The predicted molar refractivity (Wildman–Crippen MR) is 81.3 cm³/mol. The Bertz CT molecular complexity index is 775. The van der Waals surface area contributed by atoms with Crippen molar-refractivity contribution in [3.8, 4) is 22.0 Å². The highest BCUT2D eigenvalue weighted by atomic mass is 32.1. The first-order valence-electron chi connectivity index (χ1n) is 6.46. The number of aliphatic carboxylic acids is 1. The van der Waals surface area contributed by atoms with Gasteiger partial charge in [-0.3, -0.25) is 4.79 Å². The third kappa shape index (κ3) is 2.73. The van der Waals surface area contributed by atoms with Crippen molar-refractivity contribution in [2.24, 2.45) is 0 Å². The maximum Gasteiger partial charge on any atom is 0.308 e. The van der Waals surface area contributed by atoms with E-state index in [1.54, 1.807) is 18.4 Å². The van der Waals surface area contributed by atoms with Gasteiger partial charge < -0.3 is 9.52 Å². The van der Waals surface area contributed by atoms with Gasteiger partial charge in [0, 0.05) is 10.4 Å². The number of aryl methyl sites for hydroxylation is 1. The largest absolute Gasteiger partial charge is 0.481 e. The Morgan fingerprint density at radius 2 is 2.10 bits per heavy atom. The number of hydrogen-bond acceptors (Lipinski definition) is 4. The maximum atomic E-state index is 11.1. The van der Waals surface area contributed by atoms with Gasteiger partial charge in [0.25, 0.3) is 0 Å². The number of thiazole rings is 1. The number of carbonyl (C=O) groups is 1. The molecule has 0 saturated carbocycles. The van der Waals surface area contributed by atoms with Crippen LogP contribution in [0.15, 0.2) is 47.1 Å². The van der Waals surface area contributed by atoms with Crippen molar-refractivity contribution in [3.63, 3.8) is 0 Å². The molecule has 0 amide bonds. The van der Waals surface area contributed by atoms with Gasteiger partial charge in [0.1, 0.15) is 10.7 Å². The fourth-order valence-electron chi connectivity index (χ4n) is 2.14. The van der Waals surface area contributed by atoms with Crippen LogP contribution in [0.2, 0.25) is 0 Å². The van der Waals surface area contributed by atoms with Crippen molar-refractivity contribution >= 4 is 17.3 Å². The van der Waals surface area contributed by atoms with Crippen LogP contribution >= 0.6 is 11.3 Å². The van der Waals surface area contributed by atoms with Crippen LogP contribution in [0.1, 0.15) is 10.4 Å². The molecule has 1 N–H and O–H groups in total. The molecule has 0 bridgehead atoms. The van der Waals surface area contributed by atoms with E-state index >= 15 is 0 Å². The van der Waals surface area contributed by atoms with E-state index in [2.05, 4.69) is 4.98 Å². The lowest BCUT2D eigenvalue weighted by Crippen LogP contribution is -1.99. The standard InChI is InChI=1S/C16H13NO3S/c1-10-5-2-3-6-11(10)16-17-15(12-7-4-8-20-12)13(21-16)9-14(18)19/h2-8H,9H2,1H3,(H,18,19). The molecule has 4 nitrogen and oxygen atoms in total. The smallest absolute Gasteiger partial charge is 0.308 e. The third-order valence-electron chi connectivity index (χ3n) is 3.14. The molecule has 0 aliphatic rings. The average Bonchev–Trinajstić information content (AvgIpc) is 3.07. The molecular weight excluding hydrogens is 286 g/mol. The second-order valence-corrected chi connectivity index (χ2v) is 5.74. The molecule has 0 atom stereocenters. The molecule has 106 valence electrons. The van der Waals surface area contributed by atoms with E-state index in [0.29, 0.717) is 16.3 Å². The highest BCUT2D eigenvalue weighted by Gasteiger charge is 2.19. The minimum Gasteiger partial charge on any atom is -0.481 e. The SMILES string of the molecule is Cc1ccccc1-c1nc(-c2ccco2)c(CC(=O)O)s1. The number of rotatable bonds is 4. The topological polar surface area (TPSA) is 63.3 Å². The highest BCUT2D eigenvalue weighted by Crippen LogP contribution is 2.35. The van der Waals surface area contributed by atoms with Crippen molar-refractivity contribution in [3.05, 3.63) is 53.1 Å². The fraction of sp³-hybridized carbons (Fsp3) is 0.125. The first-order chi connectivity index (χ1) is 10.1. The summed E-state index contributed by atoms with van der Waals surface area (Å²) in [6, 6.07) is 11.5. The maximum absolute atomic E-state index is 11.1. The average molecular weight is 299 g/mol. The molecule has 0 radical (unpaired) electrons. The van der Waals surface area contributed by atoms with Crippen LogP contribution in [0, 0.1) is 6.92 Å². The number of aromatic nitrogens is 1. The summed E-state index contributed by atoms with van der Waals surface area (Å²) in [5, 5.41) is 9.89. The van der Waals surface area contributed by atoms with Crippen molar-refractivity contribution < 1.29 is 14.3 Å². The van der Waals surface area contributed by atoms with Crippen molar-refractivity contribution in [1.82, 2.24) is 4.98 Å². The first-order valence-corrected chi connectivity index (χ1v) is 7.28. The van der Waals surface area contributed by atoms with Gasteiger partial charge in [-0.1, -0.05) is 24.3 Å². The summed E-state index contributed by atoms with van der Waals surface area (Å²) in [6.45, 7) is 2.01. The van der Waals surface area contributed by atoms with E-state index < -0.39 is 5.97 Å². The zero-order valence-electron chi connectivity index (χ0n) is 11.4. The van der Waals surface area contributed by atoms with Gasteiger partial charge in [-0.25, -0.2) is 4.98 Å². The lowest BCUT2D eigenvalue weighted by Gasteiger charge is -1.99. The number of furan rings is 1. The van der Waals surface area contributed by atoms with Crippen LogP contribution in [0.3, 0.4) is 0 Å². The summed E-state index contributed by atoms with van der Waals surface area (Å²) in [7, 11) is 0. The Balaban J connectivity index is 2.12. The zero-order valence-corrected chi connectivity index (χ0v) is 12.2. The normalized spacial score (nSPS) is 10.7. The van der Waals surface area contributed by atoms with Gasteiger partial charge in [-0.2, -0.15) is 0 Å². The molecule has 0 aliphatic carbocycles. The molecule has 0 saturated heterocycles. The molecule has 3 aromatic rings. The number of carboxylic acids is 1. The van der Waals surface area contributed by atoms with Crippen molar-refractivity contribution in [2.45, 2.75) is 13.3 Å². The first kappa shape index (κ1) is 13.6. The van der Waals surface area contributed by atoms with Gasteiger partial charge in [0.2, 0.25) is 0 Å². The Morgan fingerprint density at radius 3 is 2.76 bits per heavy atom. The minimum atomic E-state index is -0.872. The van der Waals surface area contributed by atoms with Gasteiger partial charge in [0.15, 0.2) is 5.76 Å². The highest BCUT2D eigenvalue weighted by molar-refractivity contribution is 7.15. The molecule has 2 aromatic heterocycles. The van der Waals surface area contributed by atoms with Gasteiger partial charge in [-0.15, -0.1) is 11.3 Å². The van der Waals surface area contributed by atoms with Crippen molar-refractivity contribution in [1.29, 1.82) is 0 Å². The minimum absolute atomic E-state index is 0.0560. The predicted octanol–water partition coefficient (Wildman–Crippen LogP) is 4.01. The van der Waals surface area contributed by atoms with Crippen LogP contribution in [0.25, 0.3) is 22.0 Å². The fourth-order valence-corrected chi connectivity index (χ4v) is 3.29. The molecular formula is C16H13NO3S. The Kier molecular flexibility index (Phi) is 3.58. The summed E-state index contributed by atoms with van der Waals surface area (Å²) in [5.74, 6) is -0.273. The Labute approximate surface area is 125 Å². The van der Waals surface area contributed by atoms with Crippen LogP contribution in [0.5, 0.6) is 0 Å². The molecule has 21 heavy (non-hydrogen) atoms. The van der Waals surface area contributed by atoms with Crippen LogP contribution < -0.4 is 0 Å². The lowest BCUT2D eigenvalue weighted by molar-refractivity contribution is -0.136. The summed E-state index contributed by atoms with van der Waals surface area (Å²) in [4.78, 5) is 16.4. The second-order valence-electron chi connectivity index (χ2n) is 4.65. The third-order valence-corrected chi connectivity index (χ3v) is 4.23. The Hall–Kier alpha value is -2.40. The number of hydrogen-bond donors (Lipinski definition) is 1. The summed E-state index contributed by atoms with van der Waals surface area (Å²) < 4.78 is 5.37. The monoisotopic (exact) mass is 299 g/mol. The molecule has 0 aliphatic heterocycles. The number of carboxylic acid groups (broad SMARTS) is 1. The van der Waals surface area contributed by atoms with E-state index in [-0.39, 0.29) is 6.42 Å². The van der Waals surface area contributed by atoms with Gasteiger partial charge in [0.05, 0.1) is 12.7 Å². The molecule has 0 fully saturated rings. The zero-order chi connectivity index (χ0) is 14.8. The van der Waals surface area contributed by atoms with E-state index in [4.69, 9.17) is 9.52 Å². The van der Waals surface area contributed by atoms with Crippen LogP contribution in [0.4, 0.5) is 0 Å². The molecule has 2 heterocycles. The molecule has 0 unspecified atom stereocenters. The van der Waals surface area contributed by atoms with E-state index in [9.17, 15) is 4.79 Å². The summed E-state index contributed by atoms with van der Waals surface area (Å²) in [5.41, 5.74) is 2.75. The summed E-state index contributed by atoms with van der Waals surface area (Å²) in [6.07, 6.45) is 1.51. The van der Waals surface area contributed by atoms with Crippen molar-refractivity contribution in [2.75, 3.05) is 0 Å². The Morgan fingerprint density at radius 1 is 1.29 bits per heavy atom. The van der Waals surface area contributed by atoms with Crippen LogP contribution in [-0.4, -0.2) is 16.1 Å². The quantitative estimate of drug-likeness (QED) is 0.790. The number of nitrogens with zero attached hydrogens (tertiary/aromatic N) is 1. The van der Waals surface area contributed by atoms with Crippen LogP contribution in [-0.2, 0) is 11.2 Å². The van der Waals surface area contributed by atoms with E-state index in [1.165, 1.54) is 11.3 Å². The van der Waals surface area contributed by atoms with Gasteiger partial charge in [-0.05, 0) is 24.6 Å². The molecule has 0 spiro atoms. The summed E-state index contributed by atoms with van der Waals surface area (Å²) >= 11 is 1.40. The van der Waals surface area contributed by atoms with Gasteiger partial charge >= 0.3 is 5.97 Å². The van der Waals surface area contributed by atoms with E-state index in [1.807, 2.05) is 31.2 Å². The lowest BCUT2D eigenvalue weighted by atomic mass is 10.1. The molecule has 1 aromatic carbocycles.